The monoisotopic (exact) mass is 361 g/mol. The molecule has 2 nitrogen and oxygen atoms in total. The number of amides is 1. The Morgan fingerprint density at radius 2 is 1.88 bits per heavy atom. The number of hydrogen-bond acceptors (Lipinski definition) is 1. The first kappa shape index (κ1) is 14.7. The van der Waals surface area contributed by atoms with Crippen molar-refractivity contribution in [3.8, 4) is 0 Å². The minimum Gasteiger partial charge on any atom is -0.350 e. The zero-order chi connectivity index (χ0) is 13.1. The molecule has 0 aliphatic rings. The van der Waals surface area contributed by atoms with E-state index in [9.17, 15) is 4.79 Å². The van der Waals surface area contributed by atoms with Crippen molar-refractivity contribution in [2.75, 3.05) is 0 Å². The Kier molecular flexibility index (Phi) is 5.20. The van der Waals surface area contributed by atoms with E-state index in [0.29, 0.717) is 6.42 Å². The predicted octanol–water partition coefficient (Wildman–Crippen LogP) is 3.67. The van der Waals surface area contributed by atoms with Crippen LogP contribution < -0.4 is 5.32 Å². The maximum Gasteiger partial charge on any atom is 0.224 e. The molecule has 0 radical (unpaired) electrons. The molecular weight excluding hydrogens is 346 g/mol. The van der Waals surface area contributed by atoms with E-state index in [1.165, 1.54) is 0 Å². The van der Waals surface area contributed by atoms with Gasteiger partial charge < -0.3 is 5.32 Å². The predicted molar refractivity (Wildman–Crippen MR) is 78.5 cm³/mol. The quantitative estimate of drug-likeness (QED) is 0.813. The van der Waals surface area contributed by atoms with Crippen LogP contribution in [-0.2, 0) is 11.2 Å². The first-order valence-corrected chi connectivity index (χ1v) is 7.21. The van der Waals surface area contributed by atoms with Crippen molar-refractivity contribution < 1.29 is 4.79 Å². The van der Waals surface area contributed by atoms with Gasteiger partial charge >= 0.3 is 0 Å². The smallest absolute Gasteiger partial charge is 0.224 e. The van der Waals surface area contributed by atoms with Crippen LogP contribution in [-0.4, -0.2) is 16.3 Å². The van der Waals surface area contributed by atoms with Gasteiger partial charge in [-0.3, -0.25) is 4.79 Å². The van der Waals surface area contributed by atoms with Crippen LogP contribution in [0.4, 0.5) is 0 Å². The van der Waals surface area contributed by atoms with Gasteiger partial charge in [0.1, 0.15) is 0 Å². The number of halogens is 2. The summed E-state index contributed by atoms with van der Waals surface area (Å²) in [5, 5.41) is 3.02. The van der Waals surface area contributed by atoms with Crippen molar-refractivity contribution in [3.05, 3.63) is 34.3 Å². The van der Waals surface area contributed by atoms with Crippen molar-refractivity contribution in [1.82, 2.24) is 5.32 Å². The Morgan fingerprint density at radius 3 is 2.35 bits per heavy atom. The number of alkyl halides is 1. The summed E-state index contributed by atoms with van der Waals surface area (Å²) in [6.45, 7) is 6.04. The van der Waals surface area contributed by atoms with Crippen molar-refractivity contribution in [3.63, 3.8) is 0 Å². The molecule has 0 spiro atoms. The minimum atomic E-state index is -0.244. The van der Waals surface area contributed by atoms with Gasteiger partial charge in [0.05, 0.1) is 6.42 Å². The summed E-state index contributed by atoms with van der Waals surface area (Å²) in [7, 11) is 0. The molecule has 0 bridgehead atoms. The van der Waals surface area contributed by atoms with Crippen LogP contribution in [0.25, 0.3) is 0 Å². The molecule has 1 amide bonds. The van der Waals surface area contributed by atoms with E-state index in [1.807, 2.05) is 45.0 Å². The van der Waals surface area contributed by atoms with Crippen LogP contribution in [0.1, 0.15) is 26.3 Å². The van der Waals surface area contributed by atoms with Gasteiger partial charge in [0, 0.05) is 14.8 Å². The first-order valence-electron chi connectivity index (χ1n) is 5.51. The second-order valence-electron chi connectivity index (χ2n) is 4.69. The molecule has 0 aliphatic carbocycles. The molecule has 1 aromatic carbocycles. The third kappa shape index (κ3) is 4.80. The molecule has 1 aromatic rings. The zero-order valence-electron chi connectivity index (χ0n) is 10.3. The summed E-state index contributed by atoms with van der Waals surface area (Å²) >= 11 is 6.87. The maximum absolute atomic E-state index is 11.9. The number of nitrogens with one attached hydrogen (secondary N) is 1. The van der Waals surface area contributed by atoms with E-state index in [1.54, 1.807) is 0 Å². The average molecular weight is 363 g/mol. The minimum absolute atomic E-state index is 0.0450. The highest BCUT2D eigenvalue weighted by Gasteiger charge is 2.25. The molecule has 1 N–H and O–H groups in total. The van der Waals surface area contributed by atoms with Crippen molar-refractivity contribution >= 4 is 37.8 Å². The average Bonchev–Trinajstić information content (AvgIpc) is 2.20. The van der Waals surface area contributed by atoms with Crippen LogP contribution in [0, 0.1) is 0 Å². The summed E-state index contributed by atoms with van der Waals surface area (Å²) in [5.74, 6) is 0.0450. The van der Waals surface area contributed by atoms with Gasteiger partial charge in [-0.05, 0) is 31.5 Å². The van der Waals surface area contributed by atoms with E-state index in [0.717, 1.165) is 10.0 Å². The third-order valence-corrected chi connectivity index (χ3v) is 4.41. The lowest BCUT2D eigenvalue weighted by Gasteiger charge is -2.29. The molecule has 17 heavy (non-hydrogen) atoms. The topological polar surface area (TPSA) is 29.1 Å². The lowest BCUT2D eigenvalue weighted by atomic mass is 10.0. The van der Waals surface area contributed by atoms with E-state index < -0.39 is 0 Å². The molecule has 1 unspecified atom stereocenters. The molecular formula is C13H17Br2NO. The fourth-order valence-corrected chi connectivity index (χ4v) is 1.67. The molecule has 0 heterocycles. The summed E-state index contributed by atoms with van der Waals surface area (Å²) < 4.78 is 1.02. The van der Waals surface area contributed by atoms with E-state index >= 15 is 0 Å². The lowest BCUT2D eigenvalue weighted by molar-refractivity contribution is -0.121. The highest BCUT2D eigenvalue weighted by atomic mass is 79.9. The van der Waals surface area contributed by atoms with Gasteiger partial charge in [-0.1, -0.05) is 50.9 Å². The number of carbonyl (C=O) groups excluding carboxylic acids is 1. The van der Waals surface area contributed by atoms with Crippen LogP contribution in [0.2, 0.25) is 0 Å². The Morgan fingerprint density at radius 1 is 1.35 bits per heavy atom. The molecule has 0 saturated carbocycles. The third-order valence-electron chi connectivity index (χ3n) is 2.73. The second kappa shape index (κ2) is 6.01. The maximum atomic E-state index is 11.9. The number of benzene rings is 1. The summed E-state index contributed by atoms with van der Waals surface area (Å²) in [6.07, 6.45) is 0.413. The molecule has 0 aromatic heterocycles. The Labute approximate surface area is 119 Å². The highest BCUT2D eigenvalue weighted by molar-refractivity contribution is 9.10. The summed E-state index contributed by atoms with van der Waals surface area (Å²) in [4.78, 5) is 12.1. The van der Waals surface area contributed by atoms with Gasteiger partial charge in [0.15, 0.2) is 0 Å². The van der Waals surface area contributed by atoms with Gasteiger partial charge in [-0.15, -0.1) is 0 Å². The van der Waals surface area contributed by atoms with Crippen LogP contribution in [0.3, 0.4) is 0 Å². The van der Waals surface area contributed by atoms with Gasteiger partial charge in [0.25, 0.3) is 0 Å². The van der Waals surface area contributed by atoms with E-state index in [-0.39, 0.29) is 16.3 Å². The number of rotatable bonds is 4. The number of hydrogen-bond donors (Lipinski definition) is 1. The fraction of sp³-hybridized carbons (Fsp3) is 0.462. The molecule has 0 fully saturated rings. The van der Waals surface area contributed by atoms with Gasteiger partial charge in [-0.2, -0.15) is 0 Å². The van der Waals surface area contributed by atoms with Crippen molar-refractivity contribution in [2.45, 2.75) is 37.6 Å². The fourth-order valence-electron chi connectivity index (χ4n) is 1.29. The Balaban J connectivity index is 2.59. The van der Waals surface area contributed by atoms with Crippen molar-refractivity contribution in [1.29, 1.82) is 0 Å². The SMILES string of the molecule is CC(Br)C(C)(C)NC(=O)Cc1ccc(Br)cc1. The molecule has 0 aliphatic heterocycles. The number of carbonyl (C=O) groups is 1. The Bertz CT molecular complexity index is 385. The van der Waals surface area contributed by atoms with Gasteiger partial charge in [-0.25, -0.2) is 0 Å². The molecule has 1 rings (SSSR count). The summed E-state index contributed by atoms with van der Waals surface area (Å²) in [6, 6.07) is 7.80. The van der Waals surface area contributed by atoms with Crippen LogP contribution >= 0.6 is 31.9 Å². The zero-order valence-corrected chi connectivity index (χ0v) is 13.4. The van der Waals surface area contributed by atoms with E-state index in [2.05, 4.69) is 37.2 Å². The van der Waals surface area contributed by atoms with Crippen LogP contribution in [0.15, 0.2) is 28.7 Å². The normalized spacial score (nSPS) is 13.2. The first-order chi connectivity index (χ1) is 7.81. The van der Waals surface area contributed by atoms with Gasteiger partial charge in [0.2, 0.25) is 5.91 Å². The molecule has 1 atom stereocenters. The Hall–Kier alpha value is -0.350. The standard InChI is InChI=1S/C13H17Br2NO/c1-9(14)13(2,3)16-12(17)8-10-4-6-11(15)7-5-10/h4-7,9H,8H2,1-3H3,(H,16,17). The highest BCUT2D eigenvalue weighted by Crippen LogP contribution is 2.17. The van der Waals surface area contributed by atoms with Crippen molar-refractivity contribution in [2.24, 2.45) is 0 Å². The summed E-state index contributed by atoms with van der Waals surface area (Å²) in [5.41, 5.74) is 0.774. The van der Waals surface area contributed by atoms with Crippen LogP contribution in [0.5, 0.6) is 0 Å². The molecule has 94 valence electrons. The molecule has 0 saturated heterocycles. The lowest BCUT2D eigenvalue weighted by Crippen LogP contribution is -2.49. The second-order valence-corrected chi connectivity index (χ2v) is 6.98. The largest absolute Gasteiger partial charge is 0.350 e. The van der Waals surface area contributed by atoms with E-state index in [4.69, 9.17) is 0 Å². The molecule has 4 heteroatoms.